The fraction of sp³-hybridized carbons (Fsp3) is 0.684. The van der Waals surface area contributed by atoms with Crippen molar-refractivity contribution in [3.05, 3.63) is 12.4 Å². The summed E-state index contributed by atoms with van der Waals surface area (Å²) in [4.78, 5) is 9.00. The topological polar surface area (TPSA) is 94.1 Å². The number of sulfonamides is 1. The van der Waals surface area contributed by atoms with Gasteiger partial charge in [0, 0.05) is 31.5 Å². The summed E-state index contributed by atoms with van der Waals surface area (Å²) in [6, 6.07) is 0.194. The van der Waals surface area contributed by atoms with Crippen LogP contribution in [0.15, 0.2) is 17.3 Å². The predicted molar refractivity (Wildman–Crippen MR) is 106 cm³/mol. The number of rotatable bonds is 3. The van der Waals surface area contributed by atoms with E-state index in [9.17, 15) is 8.42 Å². The summed E-state index contributed by atoms with van der Waals surface area (Å²) in [5.74, 6) is 0.298. The summed E-state index contributed by atoms with van der Waals surface area (Å²) in [5.41, 5.74) is 7.45. The monoisotopic (exact) mass is 391 g/mol. The summed E-state index contributed by atoms with van der Waals surface area (Å²) in [6.45, 7) is 5.26. The van der Waals surface area contributed by atoms with E-state index in [2.05, 4.69) is 23.8 Å². The number of hydrogen-bond donors (Lipinski definition) is 1. The standard InChI is InChI=1S/C19H29N5O2S/c1-19(2)9-6-12-23(13-19)27(25,26)16-15-18(22-11-10-21-15)24(17(16)20)14-7-4-3-5-8-14/h10-11,14H,3-9,12-13,20H2,1-2H3. The second-order valence-electron chi connectivity index (χ2n) is 8.71. The maximum atomic E-state index is 13.6. The number of nitrogens with two attached hydrogens (primary N) is 1. The highest BCUT2D eigenvalue weighted by molar-refractivity contribution is 7.89. The van der Waals surface area contributed by atoms with Crippen molar-refractivity contribution in [2.75, 3.05) is 18.8 Å². The van der Waals surface area contributed by atoms with Crippen LogP contribution in [0.1, 0.15) is 64.8 Å². The van der Waals surface area contributed by atoms with E-state index in [0.29, 0.717) is 30.1 Å². The molecule has 2 fully saturated rings. The number of piperidine rings is 1. The van der Waals surface area contributed by atoms with Crippen molar-refractivity contribution in [2.45, 2.75) is 69.7 Å². The van der Waals surface area contributed by atoms with Gasteiger partial charge in [0.25, 0.3) is 0 Å². The lowest BCUT2D eigenvalue weighted by Gasteiger charge is -2.37. The van der Waals surface area contributed by atoms with Crippen LogP contribution >= 0.6 is 0 Å². The molecule has 0 bridgehead atoms. The van der Waals surface area contributed by atoms with Crippen molar-refractivity contribution in [2.24, 2.45) is 5.41 Å². The van der Waals surface area contributed by atoms with E-state index in [0.717, 1.165) is 38.5 Å². The molecule has 0 aromatic carbocycles. The van der Waals surface area contributed by atoms with Gasteiger partial charge >= 0.3 is 0 Å². The Morgan fingerprint density at radius 3 is 2.52 bits per heavy atom. The highest BCUT2D eigenvalue weighted by Crippen LogP contribution is 2.40. The molecular weight excluding hydrogens is 362 g/mol. The third kappa shape index (κ3) is 3.23. The first-order valence-corrected chi connectivity index (χ1v) is 11.4. The molecule has 1 aliphatic carbocycles. The van der Waals surface area contributed by atoms with Gasteiger partial charge in [-0.1, -0.05) is 33.1 Å². The van der Waals surface area contributed by atoms with Crippen molar-refractivity contribution < 1.29 is 8.42 Å². The second-order valence-corrected chi connectivity index (χ2v) is 10.6. The molecule has 0 radical (unpaired) electrons. The Morgan fingerprint density at radius 2 is 1.81 bits per heavy atom. The Labute approximate surface area is 161 Å². The van der Waals surface area contributed by atoms with Crippen LogP contribution in [-0.4, -0.2) is 40.3 Å². The van der Waals surface area contributed by atoms with E-state index in [1.165, 1.54) is 6.42 Å². The first-order chi connectivity index (χ1) is 12.8. The van der Waals surface area contributed by atoms with Crippen LogP contribution in [0.5, 0.6) is 0 Å². The lowest BCUT2D eigenvalue weighted by molar-refractivity contribution is 0.187. The minimum absolute atomic E-state index is 0.0342. The molecule has 0 amide bonds. The first kappa shape index (κ1) is 18.7. The molecule has 7 nitrogen and oxygen atoms in total. The van der Waals surface area contributed by atoms with Crippen molar-refractivity contribution >= 4 is 27.0 Å². The highest BCUT2D eigenvalue weighted by Gasteiger charge is 2.39. The molecule has 148 valence electrons. The van der Waals surface area contributed by atoms with Gasteiger partial charge in [0.2, 0.25) is 10.0 Å². The summed E-state index contributed by atoms with van der Waals surface area (Å²) >= 11 is 0. The van der Waals surface area contributed by atoms with E-state index in [1.54, 1.807) is 16.7 Å². The Hall–Kier alpha value is -1.67. The minimum Gasteiger partial charge on any atom is -0.384 e. The molecule has 27 heavy (non-hydrogen) atoms. The first-order valence-electron chi connectivity index (χ1n) is 9.92. The van der Waals surface area contributed by atoms with Crippen LogP contribution in [0.3, 0.4) is 0 Å². The van der Waals surface area contributed by atoms with Crippen molar-refractivity contribution in [3.8, 4) is 0 Å². The minimum atomic E-state index is -3.72. The van der Waals surface area contributed by atoms with E-state index >= 15 is 0 Å². The van der Waals surface area contributed by atoms with Gasteiger partial charge < -0.3 is 10.3 Å². The van der Waals surface area contributed by atoms with Crippen LogP contribution in [0.25, 0.3) is 11.2 Å². The molecule has 2 N–H and O–H groups in total. The molecule has 3 heterocycles. The van der Waals surface area contributed by atoms with E-state index < -0.39 is 10.0 Å². The Morgan fingerprint density at radius 1 is 1.11 bits per heavy atom. The van der Waals surface area contributed by atoms with Gasteiger partial charge in [-0.25, -0.2) is 18.4 Å². The molecular formula is C19H29N5O2S. The van der Waals surface area contributed by atoms with Gasteiger partial charge in [-0.2, -0.15) is 4.31 Å². The molecule has 4 rings (SSSR count). The van der Waals surface area contributed by atoms with Crippen molar-refractivity contribution in [1.82, 2.24) is 18.8 Å². The molecule has 2 aromatic heterocycles. The van der Waals surface area contributed by atoms with Crippen LogP contribution in [0.4, 0.5) is 5.82 Å². The van der Waals surface area contributed by atoms with Crippen molar-refractivity contribution in [3.63, 3.8) is 0 Å². The van der Waals surface area contributed by atoms with E-state index in [1.807, 2.05) is 4.57 Å². The predicted octanol–water partition coefficient (Wildman–Crippen LogP) is 3.33. The number of nitrogen functional groups attached to an aromatic ring is 1. The Bertz CT molecular complexity index is 944. The number of fused-ring (bicyclic) bond motifs is 1. The van der Waals surface area contributed by atoms with Gasteiger partial charge in [-0.15, -0.1) is 0 Å². The SMILES string of the molecule is CC1(C)CCCN(S(=O)(=O)c2c(N)n(C3CCCCC3)c3nccnc23)C1. The quantitative estimate of drug-likeness (QED) is 0.866. The lowest BCUT2D eigenvalue weighted by atomic mass is 9.85. The smallest absolute Gasteiger partial charge is 0.249 e. The average molecular weight is 392 g/mol. The lowest BCUT2D eigenvalue weighted by Crippen LogP contribution is -2.43. The molecule has 0 atom stereocenters. The van der Waals surface area contributed by atoms with Crippen molar-refractivity contribution in [1.29, 1.82) is 0 Å². The largest absolute Gasteiger partial charge is 0.384 e. The zero-order valence-electron chi connectivity index (χ0n) is 16.2. The van der Waals surface area contributed by atoms with Gasteiger partial charge in [0.05, 0.1) is 0 Å². The maximum absolute atomic E-state index is 13.6. The summed E-state index contributed by atoms with van der Waals surface area (Å²) in [7, 11) is -3.72. The summed E-state index contributed by atoms with van der Waals surface area (Å²) < 4.78 is 30.7. The normalized spacial score (nSPS) is 22.3. The van der Waals surface area contributed by atoms with Crippen LogP contribution in [0.2, 0.25) is 0 Å². The fourth-order valence-corrected chi connectivity index (χ4v) is 6.58. The van der Waals surface area contributed by atoms with Gasteiger partial charge in [0.15, 0.2) is 10.5 Å². The Kier molecular flexibility index (Phi) is 4.66. The van der Waals surface area contributed by atoms with E-state index in [4.69, 9.17) is 5.73 Å². The van der Waals surface area contributed by atoms with Gasteiger partial charge in [0.1, 0.15) is 11.3 Å². The van der Waals surface area contributed by atoms with Gasteiger partial charge in [-0.05, 0) is 31.1 Å². The molecule has 0 unspecified atom stereocenters. The summed E-state index contributed by atoms with van der Waals surface area (Å²) in [5, 5.41) is 0. The van der Waals surface area contributed by atoms with E-state index in [-0.39, 0.29) is 16.4 Å². The van der Waals surface area contributed by atoms with Crippen LogP contribution in [0, 0.1) is 5.41 Å². The second kappa shape index (κ2) is 6.74. The third-order valence-electron chi connectivity index (χ3n) is 6.02. The Balaban J connectivity index is 1.85. The van der Waals surface area contributed by atoms with Crippen LogP contribution in [-0.2, 0) is 10.0 Å². The molecule has 1 saturated heterocycles. The molecule has 1 saturated carbocycles. The van der Waals surface area contributed by atoms with Gasteiger partial charge in [-0.3, -0.25) is 0 Å². The zero-order valence-corrected chi connectivity index (χ0v) is 17.0. The maximum Gasteiger partial charge on any atom is 0.249 e. The number of aromatic nitrogens is 3. The molecule has 8 heteroatoms. The molecule has 2 aliphatic rings. The highest BCUT2D eigenvalue weighted by atomic mass is 32.2. The fourth-order valence-electron chi connectivity index (χ4n) is 4.68. The van der Waals surface area contributed by atoms with Crippen LogP contribution < -0.4 is 5.73 Å². The number of nitrogens with zero attached hydrogens (tertiary/aromatic N) is 4. The zero-order chi connectivity index (χ0) is 19.2. The third-order valence-corrected chi connectivity index (χ3v) is 7.93. The number of hydrogen-bond acceptors (Lipinski definition) is 5. The molecule has 2 aromatic rings. The molecule has 1 aliphatic heterocycles. The number of anilines is 1. The molecule has 0 spiro atoms. The summed E-state index contributed by atoms with van der Waals surface area (Å²) in [6.07, 6.45) is 10.5. The average Bonchev–Trinajstić information content (AvgIpc) is 2.94.